The van der Waals surface area contributed by atoms with Crippen molar-refractivity contribution in [2.75, 3.05) is 13.1 Å². The van der Waals surface area contributed by atoms with Crippen molar-refractivity contribution in [3.8, 4) is 5.75 Å². The van der Waals surface area contributed by atoms with Crippen molar-refractivity contribution < 1.29 is 9.53 Å². The number of carbonyl (C=O) groups is 1. The zero-order valence-electron chi connectivity index (χ0n) is 16.4. The van der Waals surface area contributed by atoms with E-state index in [4.69, 9.17) is 10.5 Å². The van der Waals surface area contributed by atoms with Gasteiger partial charge in [-0.3, -0.25) is 4.79 Å². The van der Waals surface area contributed by atoms with Crippen LogP contribution in [0.25, 0.3) is 0 Å². The van der Waals surface area contributed by atoms with Gasteiger partial charge in [0.05, 0.1) is 0 Å². The normalized spacial score (nSPS) is 14.4. The number of hydrogen-bond acceptors (Lipinski definition) is 5. The third-order valence-electron chi connectivity index (χ3n) is 4.42. The van der Waals surface area contributed by atoms with Gasteiger partial charge in [-0.2, -0.15) is 0 Å². The number of amidine groups is 1. The van der Waals surface area contributed by atoms with Crippen LogP contribution >= 0.6 is 24.8 Å². The summed E-state index contributed by atoms with van der Waals surface area (Å²) in [6.45, 7) is 4.21. The first-order chi connectivity index (χ1) is 13.1. The molecule has 1 heterocycles. The highest BCUT2D eigenvalue weighted by atomic mass is 35.5. The molecule has 0 aliphatic carbocycles. The molecule has 0 aromatic heterocycles. The maximum absolute atomic E-state index is 11.9. The van der Waals surface area contributed by atoms with Gasteiger partial charge in [0, 0.05) is 18.7 Å². The van der Waals surface area contributed by atoms with Crippen LogP contribution in [0.2, 0.25) is 0 Å². The van der Waals surface area contributed by atoms with Crippen LogP contribution in [0.5, 0.6) is 5.75 Å². The highest BCUT2D eigenvalue weighted by Crippen LogP contribution is 2.32. The second-order valence-corrected chi connectivity index (χ2v) is 6.60. The molecule has 158 valence electrons. The third-order valence-corrected chi connectivity index (χ3v) is 4.42. The van der Waals surface area contributed by atoms with E-state index in [2.05, 4.69) is 15.6 Å². The van der Waals surface area contributed by atoms with E-state index >= 15 is 0 Å². The molecule has 2 aromatic rings. The number of fused-ring (bicyclic) bond motifs is 1. The Labute approximate surface area is 184 Å². The van der Waals surface area contributed by atoms with Gasteiger partial charge in [0.1, 0.15) is 17.3 Å². The van der Waals surface area contributed by atoms with E-state index < -0.39 is 0 Å². The van der Waals surface area contributed by atoms with E-state index in [1.165, 1.54) is 0 Å². The van der Waals surface area contributed by atoms with Crippen LogP contribution in [0.3, 0.4) is 0 Å². The van der Waals surface area contributed by atoms with Gasteiger partial charge in [-0.15, -0.1) is 24.8 Å². The number of halogens is 2. The average Bonchev–Trinajstić information content (AvgIpc) is 2.68. The summed E-state index contributed by atoms with van der Waals surface area (Å²) in [6, 6.07) is 15.3. The van der Waals surface area contributed by atoms with Crippen LogP contribution in [0, 0.1) is 0 Å². The van der Waals surface area contributed by atoms with E-state index in [9.17, 15) is 4.79 Å². The molecule has 1 aliphatic heterocycles. The number of aliphatic imine (C=N–C) groups is 1. The Morgan fingerprint density at radius 1 is 1.10 bits per heavy atom. The van der Waals surface area contributed by atoms with Gasteiger partial charge in [-0.05, 0) is 56.1 Å². The maximum atomic E-state index is 11.9. The summed E-state index contributed by atoms with van der Waals surface area (Å²) >= 11 is 0. The first-order valence-electron chi connectivity index (χ1n) is 9.31. The van der Waals surface area contributed by atoms with Crippen molar-refractivity contribution in [2.45, 2.75) is 32.4 Å². The lowest BCUT2D eigenvalue weighted by atomic mass is 10.1. The van der Waals surface area contributed by atoms with Gasteiger partial charge in [-0.1, -0.05) is 24.3 Å². The average molecular weight is 439 g/mol. The Balaban J connectivity index is 0.00000210. The monoisotopic (exact) mass is 438 g/mol. The SMILES string of the molecule is CC1Oc2ccc(CNCCCCNC(=O)c3ccccc3)cc2N=C1N.Cl.Cl. The minimum Gasteiger partial charge on any atom is -0.481 e. The number of nitrogens with two attached hydrogens (primary N) is 1. The second kappa shape index (κ2) is 12.3. The highest BCUT2D eigenvalue weighted by molar-refractivity contribution is 5.94. The molecule has 29 heavy (non-hydrogen) atoms. The Hall–Kier alpha value is -2.28. The smallest absolute Gasteiger partial charge is 0.251 e. The van der Waals surface area contributed by atoms with Gasteiger partial charge >= 0.3 is 0 Å². The van der Waals surface area contributed by atoms with Crippen molar-refractivity contribution in [3.63, 3.8) is 0 Å². The van der Waals surface area contributed by atoms with Gasteiger partial charge in [0.25, 0.3) is 5.91 Å². The zero-order valence-corrected chi connectivity index (χ0v) is 18.0. The number of nitrogens with one attached hydrogen (secondary N) is 2. The standard InChI is InChI=1S/C21H26N4O2.2ClH/c1-15-20(22)25-18-13-16(9-10-19(18)27-15)14-23-11-5-6-12-24-21(26)17-7-3-2-4-8-17;;/h2-4,7-10,13,15,23H,5-6,11-12,14H2,1H3,(H2,22,25)(H,24,26);2*1H. The van der Waals surface area contributed by atoms with E-state index in [0.717, 1.165) is 42.9 Å². The van der Waals surface area contributed by atoms with Crippen LogP contribution in [-0.2, 0) is 6.54 Å². The topological polar surface area (TPSA) is 88.7 Å². The van der Waals surface area contributed by atoms with E-state index in [0.29, 0.717) is 17.9 Å². The summed E-state index contributed by atoms with van der Waals surface area (Å²) in [5.74, 6) is 1.26. The number of nitrogens with zero attached hydrogens (tertiary/aromatic N) is 1. The summed E-state index contributed by atoms with van der Waals surface area (Å²) in [5, 5.41) is 6.36. The number of hydrogen-bond donors (Lipinski definition) is 3. The molecule has 0 bridgehead atoms. The zero-order chi connectivity index (χ0) is 19.1. The molecule has 1 amide bonds. The van der Waals surface area contributed by atoms with Gasteiger partial charge < -0.3 is 21.1 Å². The number of benzene rings is 2. The number of rotatable bonds is 8. The fourth-order valence-electron chi connectivity index (χ4n) is 2.84. The van der Waals surface area contributed by atoms with Crippen molar-refractivity contribution in [2.24, 2.45) is 10.7 Å². The molecule has 4 N–H and O–H groups in total. The lowest BCUT2D eigenvalue weighted by molar-refractivity contribution is 0.0953. The molecule has 2 aromatic carbocycles. The quantitative estimate of drug-likeness (QED) is 0.549. The van der Waals surface area contributed by atoms with E-state index in [1.807, 2.05) is 55.5 Å². The van der Waals surface area contributed by atoms with Crippen LogP contribution in [0.1, 0.15) is 35.7 Å². The minimum atomic E-state index is -0.177. The predicted octanol–water partition coefficient (Wildman–Crippen LogP) is 3.60. The molecule has 0 radical (unpaired) electrons. The van der Waals surface area contributed by atoms with Crippen molar-refractivity contribution in [1.82, 2.24) is 10.6 Å². The Bertz CT molecular complexity index is 816. The summed E-state index contributed by atoms with van der Waals surface area (Å²) in [4.78, 5) is 16.3. The lowest BCUT2D eigenvalue weighted by Gasteiger charge is -2.21. The van der Waals surface area contributed by atoms with E-state index in [1.54, 1.807) is 0 Å². The molecule has 0 saturated heterocycles. The van der Waals surface area contributed by atoms with Gasteiger partial charge in [0.15, 0.2) is 6.10 Å². The predicted molar refractivity (Wildman–Crippen MR) is 122 cm³/mol. The summed E-state index contributed by atoms with van der Waals surface area (Å²) in [5.41, 5.74) is 8.47. The molecule has 0 saturated carbocycles. The fraction of sp³-hybridized carbons (Fsp3) is 0.333. The molecule has 1 aliphatic rings. The Morgan fingerprint density at radius 2 is 1.83 bits per heavy atom. The lowest BCUT2D eigenvalue weighted by Crippen LogP contribution is -2.33. The number of amides is 1. The molecule has 6 nitrogen and oxygen atoms in total. The van der Waals surface area contributed by atoms with Crippen LogP contribution < -0.4 is 21.1 Å². The fourth-order valence-corrected chi connectivity index (χ4v) is 2.84. The van der Waals surface area contributed by atoms with Gasteiger partial charge in [-0.25, -0.2) is 4.99 Å². The summed E-state index contributed by atoms with van der Waals surface area (Å²) in [7, 11) is 0. The number of unbranched alkanes of at least 4 members (excludes halogenated alkanes) is 1. The molecule has 3 rings (SSSR count). The van der Waals surface area contributed by atoms with Crippen molar-refractivity contribution in [3.05, 3.63) is 59.7 Å². The summed E-state index contributed by atoms with van der Waals surface area (Å²) in [6.07, 6.45) is 1.75. The molecule has 0 fully saturated rings. The molecule has 1 atom stereocenters. The summed E-state index contributed by atoms with van der Waals surface area (Å²) < 4.78 is 5.71. The largest absolute Gasteiger partial charge is 0.481 e. The maximum Gasteiger partial charge on any atom is 0.251 e. The third kappa shape index (κ3) is 7.24. The first kappa shape index (κ1) is 24.8. The van der Waals surface area contributed by atoms with Gasteiger partial charge in [0.2, 0.25) is 0 Å². The second-order valence-electron chi connectivity index (χ2n) is 6.60. The number of carbonyl (C=O) groups excluding carboxylic acids is 1. The first-order valence-corrected chi connectivity index (χ1v) is 9.31. The highest BCUT2D eigenvalue weighted by Gasteiger charge is 2.18. The van der Waals surface area contributed by atoms with Crippen molar-refractivity contribution in [1.29, 1.82) is 0 Å². The molecular weight excluding hydrogens is 411 g/mol. The number of ether oxygens (including phenoxy) is 1. The van der Waals surface area contributed by atoms with Crippen molar-refractivity contribution >= 4 is 42.2 Å². The minimum absolute atomic E-state index is 0. The molecule has 8 heteroatoms. The molecular formula is C21H28Cl2N4O2. The molecule has 0 spiro atoms. The van der Waals surface area contributed by atoms with Crippen LogP contribution in [-0.4, -0.2) is 30.9 Å². The van der Waals surface area contributed by atoms with Crippen LogP contribution in [0.4, 0.5) is 5.69 Å². The Kier molecular flexibility index (Phi) is 10.5. The Morgan fingerprint density at radius 3 is 2.59 bits per heavy atom. The van der Waals surface area contributed by atoms with E-state index in [-0.39, 0.29) is 36.8 Å². The van der Waals surface area contributed by atoms with Crippen LogP contribution in [0.15, 0.2) is 53.5 Å². The molecule has 1 unspecified atom stereocenters.